The van der Waals surface area contributed by atoms with Crippen molar-refractivity contribution >= 4 is 29.1 Å². The van der Waals surface area contributed by atoms with E-state index in [1.807, 2.05) is 36.4 Å². The summed E-state index contributed by atoms with van der Waals surface area (Å²) in [5.41, 5.74) is 2.92. The van der Waals surface area contributed by atoms with E-state index in [1.165, 1.54) is 4.90 Å². The molecule has 0 spiro atoms. The van der Waals surface area contributed by atoms with E-state index in [-0.39, 0.29) is 17.7 Å². The molecule has 3 aromatic carbocycles. The molecule has 7 nitrogen and oxygen atoms in total. The Bertz CT molecular complexity index is 1340. The van der Waals surface area contributed by atoms with Crippen LogP contribution in [0.5, 0.6) is 0 Å². The molecule has 1 saturated heterocycles. The predicted molar refractivity (Wildman–Crippen MR) is 128 cm³/mol. The molecule has 4 aromatic rings. The van der Waals surface area contributed by atoms with E-state index >= 15 is 0 Å². The molecular formula is C27H21N3O4. The Hall–Kier alpha value is -4.52. The van der Waals surface area contributed by atoms with Crippen molar-refractivity contribution in [2.45, 2.75) is 19.3 Å². The summed E-state index contributed by atoms with van der Waals surface area (Å²) in [6, 6.07) is 23.4. The summed E-state index contributed by atoms with van der Waals surface area (Å²) in [6.45, 7) is 0. The highest BCUT2D eigenvalue weighted by Crippen LogP contribution is 2.29. The number of benzene rings is 3. The predicted octanol–water partition coefficient (Wildman–Crippen LogP) is 5.30. The van der Waals surface area contributed by atoms with Crippen LogP contribution in [0.3, 0.4) is 0 Å². The summed E-state index contributed by atoms with van der Waals surface area (Å²) in [6.07, 6.45) is 2.93. The van der Waals surface area contributed by atoms with E-state index < -0.39 is 0 Å². The first kappa shape index (κ1) is 21.3. The fraction of sp³-hybridized carbons (Fsp3) is 0.111. The average Bonchev–Trinajstić information content (AvgIpc) is 3.36. The number of rotatable bonds is 5. The molecule has 1 aromatic heterocycles. The summed E-state index contributed by atoms with van der Waals surface area (Å²) < 4.78 is 5.94. The SMILES string of the molecule is O=C(Nc1ccc(N2C(=O)CCCC2=O)cc1)c1ccccc1-c1ncc(-c2ccccc2)o1. The number of imide groups is 1. The van der Waals surface area contributed by atoms with Gasteiger partial charge in [0.2, 0.25) is 17.7 Å². The number of oxazole rings is 1. The highest BCUT2D eigenvalue weighted by Gasteiger charge is 2.27. The molecule has 5 rings (SSSR count). The average molecular weight is 451 g/mol. The topological polar surface area (TPSA) is 92.5 Å². The van der Waals surface area contributed by atoms with Crippen LogP contribution >= 0.6 is 0 Å². The van der Waals surface area contributed by atoms with E-state index in [9.17, 15) is 14.4 Å². The molecule has 1 aliphatic heterocycles. The van der Waals surface area contributed by atoms with Gasteiger partial charge in [0.15, 0.2) is 5.76 Å². The highest BCUT2D eigenvalue weighted by atomic mass is 16.4. The fourth-order valence-corrected chi connectivity index (χ4v) is 3.94. The number of amides is 3. The van der Waals surface area contributed by atoms with Gasteiger partial charge in [0.05, 0.1) is 17.4 Å². The van der Waals surface area contributed by atoms with E-state index in [1.54, 1.807) is 48.7 Å². The van der Waals surface area contributed by atoms with Gasteiger partial charge in [-0.15, -0.1) is 0 Å². The third-order valence-electron chi connectivity index (χ3n) is 5.63. The van der Waals surface area contributed by atoms with E-state index in [0.29, 0.717) is 53.4 Å². The van der Waals surface area contributed by atoms with Crippen LogP contribution in [-0.4, -0.2) is 22.7 Å². The molecule has 7 heteroatoms. The molecule has 0 radical (unpaired) electrons. The first-order chi connectivity index (χ1) is 16.6. The van der Waals surface area contributed by atoms with Crippen LogP contribution in [0.25, 0.3) is 22.8 Å². The molecule has 1 N–H and O–H groups in total. The smallest absolute Gasteiger partial charge is 0.256 e. The Kier molecular flexibility index (Phi) is 5.74. The largest absolute Gasteiger partial charge is 0.436 e. The van der Waals surface area contributed by atoms with E-state index in [2.05, 4.69) is 10.3 Å². The quantitative estimate of drug-likeness (QED) is 0.416. The number of nitrogens with zero attached hydrogens (tertiary/aromatic N) is 2. The molecule has 34 heavy (non-hydrogen) atoms. The second kappa shape index (κ2) is 9.15. The maximum atomic E-state index is 13.1. The van der Waals surface area contributed by atoms with Crippen molar-refractivity contribution in [3.63, 3.8) is 0 Å². The van der Waals surface area contributed by atoms with Crippen molar-refractivity contribution in [1.82, 2.24) is 4.98 Å². The van der Waals surface area contributed by atoms with Gasteiger partial charge in [0, 0.05) is 29.7 Å². The minimum absolute atomic E-state index is 0.206. The Morgan fingerprint density at radius 1 is 0.853 bits per heavy atom. The third kappa shape index (κ3) is 4.23. The van der Waals surface area contributed by atoms with Crippen LogP contribution in [0, 0.1) is 0 Å². The molecule has 1 fully saturated rings. The summed E-state index contributed by atoms with van der Waals surface area (Å²) in [5.74, 6) is 0.226. The van der Waals surface area contributed by atoms with Crippen LogP contribution in [-0.2, 0) is 9.59 Å². The maximum Gasteiger partial charge on any atom is 0.256 e. The molecule has 0 atom stereocenters. The van der Waals surface area contributed by atoms with Crippen LogP contribution < -0.4 is 10.2 Å². The second-order valence-corrected chi connectivity index (χ2v) is 7.92. The number of hydrogen-bond acceptors (Lipinski definition) is 5. The van der Waals surface area contributed by atoms with Gasteiger partial charge in [-0.2, -0.15) is 0 Å². The first-order valence-electron chi connectivity index (χ1n) is 11.0. The number of piperidine rings is 1. The zero-order valence-corrected chi connectivity index (χ0v) is 18.2. The molecular weight excluding hydrogens is 430 g/mol. The number of anilines is 2. The summed E-state index contributed by atoms with van der Waals surface area (Å²) in [4.78, 5) is 42.9. The lowest BCUT2D eigenvalue weighted by Gasteiger charge is -2.25. The van der Waals surface area contributed by atoms with Crippen LogP contribution in [0.4, 0.5) is 11.4 Å². The lowest BCUT2D eigenvalue weighted by Crippen LogP contribution is -2.40. The normalized spacial score (nSPS) is 13.7. The lowest BCUT2D eigenvalue weighted by molar-refractivity contribution is -0.129. The molecule has 168 valence electrons. The van der Waals surface area contributed by atoms with Gasteiger partial charge in [0.1, 0.15) is 0 Å². The third-order valence-corrected chi connectivity index (χ3v) is 5.63. The van der Waals surface area contributed by atoms with Gasteiger partial charge in [-0.3, -0.25) is 19.3 Å². The standard InChI is InChI=1S/C27H21N3O4/c31-24-11-6-12-25(32)30(24)20-15-13-19(14-16-20)29-26(33)21-9-4-5-10-22(21)27-28-17-23(34-27)18-7-2-1-3-8-18/h1-5,7-10,13-17H,6,11-12H2,(H,29,33). The fourth-order valence-electron chi connectivity index (χ4n) is 3.94. The monoisotopic (exact) mass is 451 g/mol. The Labute approximate surface area is 196 Å². The Balaban J connectivity index is 1.36. The van der Waals surface area contributed by atoms with Crippen molar-refractivity contribution < 1.29 is 18.8 Å². The number of nitrogens with one attached hydrogen (secondary N) is 1. The van der Waals surface area contributed by atoms with Gasteiger partial charge in [-0.1, -0.05) is 42.5 Å². The molecule has 0 unspecified atom stereocenters. The van der Waals surface area contributed by atoms with Crippen molar-refractivity contribution in [3.8, 4) is 22.8 Å². The highest BCUT2D eigenvalue weighted by molar-refractivity contribution is 6.16. The maximum absolute atomic E-state index is 13.1. The summed E-state index contributed by atoms with van der Waals surface area (Å²) in [5, 5.41) is 2.86. The lowest BCUT2D eigenvalue weighted by atomic mass is 10.1. The second-order valence-electron chi connectivity index (χ2n) is 7.92. The van der Waals surface area contributed by atoms with Gasteiger partial charge in [-0.25, -0.2) is 4.98 Å². The molecule has 0 bridgehead atoms. The van der Waals surface area contributed by atoms with E-state index in [0.717, 1.165) is 5.56 Å². The minimum Gasteiger partial charge on any atom is -0.436 e. The number of carbonyl (C=O) groups excluding carboxylic acids is 3. The molecule has 2 heterocycles. The molecule has 0 saturated carbocycles. The van der Waals surface area contributed by atoms with Crippen molar-refractivity contribution in [3.05, 3.63) is 90.6 Å². The van der Waals surface area contributed by atoms with Crippen LogP contribution in [0.1, 0.15) is 29.6 Å². The van der Waals surface area contributed by atoms with Gasteiger partial charge < -0.3 is 9.73 Å². The van der Waals surface area contributed by atoms with Gasteiger partial charge >= 0.3 is 0 Å². The van der Waals surface area contributed by atoms with Crippen LogP contribution in [0.2, 0.25) is 0 Å². The molecule has 3 amide bonds. The molecule has 1 aliphatic rings. The summed E-state index contributed by atoms with van der Waals surface area (Å²) >= 11 is 0. The number of carbonyl (C=O) groups is 3. The minimum atomic E-state index is -0.326. The zero-order chi connectivity index (χ0) is 23.5. The van der Waals surface area contributed by atoms with E-state index in [4.69, 9.17) is 4.42 Å². The molecule has 0 aliphatic carbocycles. The van der Waals surface area contributed by atoms with Crippen molar-refractivity contribution in [2.24, 2.45) is 0 Å². The Morgan fingerprint density at radius 2 is 1.53 bits per heavy atom. The van der Waals surface area contributed by atoms with Crippen molar-refractivity contribution in [1.29, 1.82) is 0 Å². The number of aromatic nitrogens is 1. The van der Waals surface area contributed by atoms with Crippen LogP contribution in [0.15, 0.2) is 89.5 Å². The van der Waals surface area contributed by atoms with Crippen molar-refractivity contribution in [2.75, 3.05) is 10.2 Å². The first-order valence-corrected chi connectivity index (χ1v) is 11.0. The number of hydrogen-bond donors (Lipinski definition) is 1. The Morgan fingerprint density at radius 3 is 2.26 bits per heavy atom. The van der Waals surface area contributed by atoms with Gasteiger partial charge in [-0.05, 0) is 42.8 Å². The summed E-state index contributed by atoms with van der Waals surface area (Å²) in [7, 11) is 0. The zero-order valence-electron chi connectivity index (χ0n) is 18.2. The van der Waals surface area contributed by atoms with Gasteiger partial charge in [0.25, 0.3) is 5.91 Å².